The molecular weight excluding hydrogens is 271 g/mol. The summed E-state index contributed by atoms with van der Waals surface area (Å²) in [5.41, 5.74) is 0. The summed E-state index contributed by atoms with van der Waals surface area (Å²) in [6, 6.07) is 0. The van der Waals surface area contributed by atoms with E-state index in [2.05, 4.69) is 22.6 Å². The van der Waals surface area contributed by atoms with Crippen molar-refractivity contribution in [3.05, 3.63) is 0 Å². The van der Waals surface area contributed by atoms with E-state index in [1.165, 1.54) is 6.92 Å². The first-order chi connectivity index (χ1) is 5.61. The first kappa shape index (κ1) is 10.2. The Bertz CT molecular complexity index is 172. The molecule has 70 valence electrons. The monoisotopic (exact) mass is 284 g/mol. The highest BCUT2D eigenvalue weighted by atomic mass is 127. The SMILES string of the molecule is CC(=O)O[C@@H]1CCC[C@@H](I)[C@@H]1O. The smallest absolute Gasteiger partial charge is 0.302 e. The van der Waals surface area contributed by atoms with Gasteiger partial charge in [-0.2, -0.15) is 0 Å². The van der Waals surface area contributed by atoms with Crippen LogP contribution >= 0.6 is 22.6 Å². The molecule has 0 saturated heterocycles. The van der Waals surface area contributed by atoms with Gasteiger partial charge < -0.3 is 9.84 Å². The van der Waals surface area contributed by atoms with Gasteiger partial charge in [0, 0.05) is 10.8 Å². The minimum absolute atomic E-state index is 0.223. The molecule has 0 spiro atoms. The molecule has 0 aromatic heterocycles. The standard InChI is InChI=1S/C8H13IO3/c1-5(10)12-7-4-2-3-6(9)8(7)11/h6-8,11H,2-4H2,1H3/t6-,7-,8+/m1/s1. The fraction of sp³-hybridized carbons (Fsp3) is 0.875. The summed E-state index contributed by atoms with van der Waals surface area (Å²) in [4.78, 5) is 10.6. The number of hydrogen-bond acceptors (Lipinski definition) is 3. The van der Waals surface area contributed by atoms with Crippen LogP contribution in [-0.2, 0) is 9.53 Å². The Labute approximate surface area is 85.6 Å². The number of rotatable bonds is 1. The van der Waals surface area contributed by atoms with E-state index < -0.39 is 6.10 Å². The molecule has 0 aromatic carbocycles. The van der Waals surface area contributed by atoms with Crippen molar-refractivity contribution in [1.82, 2.24) is 0 Å². The van der Waals surface area contributed by atoms with Gasteiger partial charge in [0.1, 0.15) is 12.2 Å². The van der Waals surface area contributed by atoms with E-state index in [4.69, 9.17) is 4.74 Å². The van der Waals surface area contributed by atoms with Crippen molar-refractivity contribution in [3.63, 3.8) is 0 Å². The number of aliphatic hydroxyl groups is 1. The lowest BCUT2D eigenvalue weighted by Crippen LogP contribution is -2.40. The number of esters is 1. The first-order valence-corrected chi connectivity index (χ1v) is 5.35. The third-order valence-corrected chi connectivity index (χ3v) is 3.40. The fourth-order valence-electron chi connectivity index (χ4n) is 1.43. The molecule has 0 radical (unpaired) electrons. The number of aliphatic hydroxyl groups excluding tert-OH is 1. The third-order valence-electron chi connectivity index (χ3n) is 2.04. The maximum Gasteiger partial charge on any atom is 0.302 e. The first-order valence-electron chi connectivity index (χ1n) is 4.10. The Hall–Kier alpha value is 0.160. The van der Waals surface area contributed by atoms with Gasteiger partial charge in [0.15, 0.2) is 0 Å². The Morgan fingerprint density at radius 2 is 2.25 bits per heavy atom. The van der Waals surface area contributed by atoms with Crippen molar-refractivity contribution < 1.29 is 14.6 Å². The molecule has 1 fully saturated rings. The van der Waals surface area contributed by atoms with Gasteiger partial charge in [0.2, 0.25) is 0 Å². The molecule has 0 bridgehead atoms. The summed E-state index contributed by atoms with van der Waals surface area (Å²) in [6.07, 6.45) is 2.07. The maximum absolute atomic E-state index is 10.6. The van der Waals surface area contributed by atoms with Crippen LogP contribution in [0.2, 0.25) is 0 Å². The molecular formula is C8H13IO3. The van der Waals surface area contributed by atoms with Crippen molar-refractivity contribution in [1.29, 1.82) is 0 Å². The van der Waals surface area contributed by atoms with Gasteiger partial charge in [-0.1, -0.05) is 22.6 Å². The summed E-state index contributed by atoms with van der Waals surface area (Å²) in [7, 11) is 0. The minimum Gasteiger partial charge on any atom is -0.460 e. The zero-order valence-electron chi connectivity index (χ0n) is 7.00. The van der Waals surface area contributed by atoms with Crippen LogP contribution in [0.25, 0.3) is 0 Å². The predicted molar refractivity (Wildman–Crippen MR) is 53.2 cm³/mol. The Kier molecular flexibility index (Phi) is 3.77. The largest absolute Gasteiger partial charge is 0.460 e. The average molecular weight is 284 g/mol. The van der Waals surface area contributed by atoms with E-state index in [0.717, 1.165) is 19.3 Å². The normalized spacial score (nSPS) is 36.1. The van der Waals surface area contributed by atoms with Crippen LogP contribution in [0.1, 0.15) is 26.2 Å². The summed E-state index contributed by atoms with van der Waals surface area (Å²) in [6.45, 7) is 1.38. The Balaban J connectivity index is 2.46. The minimum atomic E-state index is -0.483. The summed E-state index contributed by atoms with van der Waals surface area (Å²) < 4.78 is 5.20. The summed E-state index contributed by atoms with van der Waals surface area (Å²) >= 11 is 2.20. The Morgan fingerprint density at radius 1 is 1.58 bits per heavy atom. The Morgan fingerprint density at radius 3 is 2.83 bits per heavy atom. The number of hydrogen-bond donors (Lipinski definition) is 1. The van der Waals surface area contributed by atoms with Crippen LogP contribution < -0.4 is 0 Å². The number of halogens is 1. The van der Waals surface area contributed by atoms with Gasteiger partial charge in [-0.05, 0) is 19.3 Å². The molecule has 3 atom stereocenters. The number of carbonyl (C=O) groups excluding carboxylic acids is 1. The molecule has 12 heavy (non-hydrogen) atoms. The van der Waals surface area contributed by atoms with Crippen LogP contribution in [0.3, 0.4) is 0 Å². The van der Waals surface area contributed by atoms with Crippen molar-refractivity contribution in [2.75, 3.05) is 0 Å². The highest BCUT2D eigenvalue weighted by Crippen LogP contribution is 2.27. The van der Waals surface area contributed by atoms with Crippen LogP contribution in [-0.4, -0.2) is 27.2 Å². The fourth-order valence-corrected chi connectivity index (χ4v) is 2.33. The summed E-state index contributed by atoms with van der Waals surface area (Å²) in [5, 5.41) is 9.60. The van der Waals surface area contributed by atoms with Gasteiger partial charge in [-0.15, -0.1) is 0 Å². The zero-order chi connectivity index (χ0) is 9.14. The molecule has 3 nitrogen and oxygen atoms in total. The zero-order valence-corrected chi connectivity index (χ0v) is 9.15. The predicted octanol–water partition coefficient (Wildman–Crippen LogP) is 1.27. The lowest BCUT2D eigenvalue weighted by molar-refractivity contribution is -0.154. The molecule has 0 amide bonds. The van der Waals surface area contributed by atoms with Gasteiger partial charge in [0.05, 0.1) is 0 Å². The van der Waals surface area contributed by atoms with E-state index in [1.807, 2.05) is 0 Å². The van der Waals surface area contributed by atoms with Gasteiger partial charge in [-0.25, -0.2) is 0 Å². The molecule has 0 aliphatic heterocycles. The second-order valence-corrected chi connectivity index (χ2v) is 4.69. The average Bonchev–Trinajstić information content (AvgIpc) is 1.98. The number of carbonyl (C=O) groups is 1. The van der Waals surface area contributed by atoms with Crippen LogP contribution in [0.15, 0.2) is 0 Å². The quantitative estimate of drug-likeness (QED) is 0.448. The van der Waals surface area contributed by atoms with Gasteiger partial charge in [-0.3, -0.25) is 4.79 Å². The lowest BCUT2D eigenvalue weighted by Gasteiger charge is -2.30. The van der Waals surface area contributed by atoms with E-state index in [9.17, 15) is 9.90 Å². The molecule has 0 heterocycles. The molecule has 1 aliphatic rings. The molecule has 1 aliphatic carbocycles. The van der Waals surface area contributed by atoms with Crippen LogP contribution in [0, 0.1) is 0 Å². The molecule has 0 unspecified atom stereocenters. The summed E-state index contributed by atoms with van der Waals surface area (Å²) in [5.74, 6) is -0.301. The maximum atomic E-state index is 10.6. The molecule has 0 aromatic rings. The number of ether oxygens (including phenoxy) is 1. The van der Waals surface area contributed by atoms with E-state index in [-0.39, 0.29) is 16.0 Å². The van der Waals surface area contributed by atoms with Crippen molar-refractivity contribution in [2.24, 2.45) is 0 Å². The van der Waals surface area contributed by atoms with Crippen molar-refractivity contribution >= 4 is 28.6 Å². The van der Waals surface area contributed by atoms with Crippen LogP contribution in [0.4, 0.5) is 0 Å². The van der Waals surface area contributed by atoms with E-state index in [1.54, 1.807) is 0 Å². The van der Waals surface area contributed by atoms with Crippen LogP contribution in [0.5, 0.6) is 0 Å². The lowest BCUT2D eigenvalue weighted by atomic mass is 9.95. The van der Waals surface area contributed by atoms with E-state index >= 15 is 0 Å². The van der Waals surface area contributed by atoms with E-state index in [0.29, 0.717) is 0 Å². The van der Waals surface area contributed by atoms with Gasteiger partial charge >= 0.3 is 5.97 Å². The molecule has 1 rings (SSSR count). The van der Waals surface area contributed by atoms with Crippen molar-refractivity contribution in [3.8, 4) is 0 Å². The number of alkyl halides is 1. The second kappa shape index (κ2) is 4.41. The molecule has 4 heteroatoms. The highest BCUT2D eigenvalue weighted by molar-refractivity contribution is 14.1. The second-order valence-electron chi connectivity index (χ2n) is 3.09. The van der Waals surface area contributed by atoms with Crippen molar-refractivity contribution in [2.45, 2.75) is 42.3 Å². The van der Waals surface area contributed by atoms with Gasteiger partial charge in [0.25, 0.3) is 0 Å². The topological polar surface area (TPSA) is 46.5 Å². The molecule has 1 saturated carbocycles. The molecule has 1 N–H and O–H groups in total. The third kappa shape index (κ3) is 2.58. The highest BCUT2D eigenvalue weighted by Gasteiger charge is 2.31.